The quantitative estimate of drug-likeness (QED) is 0.172. The molecular weight excluding hydrogens is 380 g/mol. The van der Waals surface area contributed by atoms with Gasteiger partial charge in [0.25, 0.3) is 0 Å². The summed E-state index contributed by atoms with van der Waals surface area (Å²) in [4.78, 5) is 11.1. The first kappa shape index (κ1) is 26.4. The molecule has 1 aliphatic rings. The van der Waals surface area contributed by atoms with Crippen LogP contribution in [0.5, 0.6) is 0 Å². The smallest absolute Gasteiger partial charge is 0.305 e. The van der Waals surface area contributed by atoms with Gasteiger partial charge in [0.15, 0.2) is 0 Å². The topological polar surface area (TPSA) is 87.0 Å². The van der Waals surface area contributed by atoms with Crippen molar-refractivity contribution in [3.05, 3.63) is 24.3 Å². The number of hydrogen-bond donors (Lipinski definition) is 3. The van der Waals surface area contributed by atoms with Gasteiger partial charge in [-0.1, -0.05) is 56.4 Å². The normalized spacial score (nSPS) is 26.1. The van der Waals surface area contributed by atoms with Gasteiger partial charge in [0, 0.05) is 25.2 Å². The number of hydrogen-bond acceptors (Lipinski definition) is 5. The first-order chi connectivity index (χ1) is 14.4. The second kappa shape index (κ2) is 14.4. The molecule has 0 bridgehead atoms. The maximum absolute atomic E-state index is 11.1. The van der Waals surface area contributed by atoms with E-state index < -0.39 is 17.8 Å². The fourth-order valence-corrected chi connectivity index (χ4v) is 4.04. The van der Waals surface area contributed by atoms with Gasteiger partial charge in [0.2, 0.25) is 0 Å². The highest BCUT2D eigenvalue weighted by atomic mass is 16.5. The molecule has 0 spiro atoms. The van der Waals surface area contributed by atoms with Gasteiger partial charge in [-0.2, -0.15) is 0 Å². The zero-order valence-corrected chi connectivity index (χ0v) is 18.6. The Bertz CT molecular complexity index is 591. The molecule has 0 heterocycles. The van der Waals surface area contributed by atoms with Crippen LogP contribution in [0.2, 0.25) is 0 Å². The Morgan fingerprint density at radius 1 is 1.17 bits per heavy atom. The van der Waals surface area contributed by atoms with Crippen molar-refractivity contribution < 1.29 is 24.9 Å². The van der Waals surface area contributed by atoms with E-state index in [4.69, 9.17) is 6.42 Å². The molecular formula is C25H40O5. The van der Waals surface area contributed by atoms with E-state index in [-0.39, 0.29) is 17.8 Å². The Balaban J connectivity index is 2.54. The molecule has 170 valence electrons. The van der Waals surface area contributed by atoms with E-state index >= 15 is 0 Å². The Labute approximate surface area is 182 Å². The summed E-state index contributed by atoms with van der Waals surface area (Å²) in [5.41, 5.74) is -1.15. The Kier molecular flexibility index (Phi) is 12.7. The lowest BCUT2D eigenvalue weighted by Gasteiger charge is -2.22. The van der Waals surface area contributed by atoms with Gasteiger partial charge in [0.05, 0.1) is 19.3 Å². The standard InChI is InChI=1S/C25H40O5/c1-4-6-7-12-17-25(29,5-2)18-13-15-21-20(22(26)19-23(21)27)14-10-8-9-11-16-24(28)30-3/h2,8,10,13,15,20-23,26-27,29H,4,6-7,9,11-12,14,16-19H2,1,3H3/t20-,21-,22-,23-,25?/m1/s1. The highest BCUT2D eigenvalue weighted by Crippen LogP contribution is 2.36. The maximum Gasteiger partial charge on any atom is 0.305 e. The summed E-state index contributed by atoms with van der Waals surface area (Å²) < 4.78 is 4.62. The molecule has 5 heteroatoms. The lowest BCUT2D eigenvalue weighted by atomic mass is 9.88. The van der Waals surface area contributed by atoms with Crippen LogP contribution >= 0.6 is 0 Å². The largest absolute Gasteiger partial charge is 0.469 e. The van der Waals surface area contributed by atoms with Crippen molar-refractivity contribution in [2.24, 2.45) is 11.8 Å². The number of aliphatic hydroxyl groups excluding tert-OH is 2. The summed E-state index contributed by atoms with van der Waals surface area (Å²) >= 11 is 0. The minimum atomic E-state index is -1.15. The number of aliphatic hydroxyl groups is 3. The number of unbranched alkanes of at least 4 members (excludes halogenated alkanes) is 4. The number of allylic oxidation sites excluding steroid dienone is 2. The molecule has 1 aliphatic carbocycles. The van der Waals surface area contributed by atoms with E-state index in [2.05, 4.69) is 17.6 Å². The van der Waals surface area contributed by atoms with E-state index in [0.717, 1.165) is 38.5 Å². The maximum atomic E-state index is 11.1. The molecule has 0 amide bonds. The molecule has 1 saturated carbocycles. The number of esters is 1. The highest BCUT2D eigenvalue weighted by molar-refractivity contribution is 5.69. The summed E-state index contributed by atoms with van der Waals surface area (Å²) in [6, 6.07) is 0. The van der Waals surface area contributed by atoms with Crippen LogP contribution in [-0.2, 0) is 9.53 Å². The van der Waals surface area contributed by atoms with Crippen molar-refractivity contribution in [3.8, 4) is 12.3 Å². The van der Waals surface area contributed by atoms with Crippen molar-refractivity contribution >= 4 is 5.97 Å². The van der Waals surface area contributed by atoms with Crippen molar-refractivity contribution in [1.29, 1.82) is 0 Å². The fourth-order valence-electron chi connectivity index (χ4n) is 4.04. The molecule has 0 aromatic rings. The summed E-state index contributed by atoms with van der Waals surface area (Å²) in [5, 5.41) is 31.3. The first-order valence-electron chi connectivity index (χ1n) is 11.3. The van der Waals surface area contributed by atoms with E-state index in [1.54, 1.807) is 0 Å². The minimum absolute atomic E-state index is 0.0726. The van der Waals surface area contributed by atoms with Gasteiger partial charge < -0.3 is 20.1 Å². The molecule has 0 radical (unpaired) electrons. The van der Waals surface area contributed by atoms with Gasteiger partial charge in [-0.05, 0) is 38.0 Å². The summed E-state index contributed by atoms with van der Waals surface area (Å²) in [5.74, 6) is 2.08. The average molecular weight is 421 g/mol. The number of rotatable bonds is 14. The Morgan fingerprint density at radius 2 is 1.93 bits per heavy atom. The van der Waals surface area contributed by atoms with Crippen LogP contribution in [-0.4, -0.2) is 46.2 Å². The van der Waals surface area contributed by atoms with Crippen molar-refractivity contribution in [2.45, 2.75) is 95.4 Å². The van der Waals surface area contributed by atoms with Gasteiger partial charge in [-0.25, -0.2) is 0 Å². The lowest BCUT2D eigenvalue weighted by Crippen LogP contribution is -2.26. The van der Waals surface area contributed by atoms with E-state index in [1.165, 1.54) is 7.11 Å². The second-order valence-electron chi connectivity index (χ2n) is 8.41. The third-order valence-corrected chi connectivity index (χ3v) is 6.00. The van der Waals surface area contributed by atoms with E-state index in [0.29, 0.717) is 32.1 Å². The lowest BCUT2D eigenvalue weighted by molar-refractivity contribution is -0.140. The van der Waals surface area contributed by atoms with Crippen molar-refractivity contribution in [1.82, 2.24) is 0 Å². The Morgan fingerprint density at radius 3 is 2.60 bits per heavy atom. The average Bonchev–Trinajstić information content (AvgIpc) is 3.00. The number of carbonyl (C=O) groups excluding carboxylic acids is 1. The molecule has 1 rings (SSSR count). The molecule has 0 aromatic carbocycles. The summed E-state index contributed by atoms with van der Waals surface area (Å²) in [6.45, 7) is 2.14. The van der Waals surface area contributed by atoms with Crippen LogP contribution < -0.4 is 0 Å². The van der Waals surface area contributed by atoms with Gasteiger partial charge >= 0.3 is 5.97 Å². The molecule has 0 aromatic heterocycles. The molecule has 3 N–H and O–H groups in total. The first-order valence-corrected chi connectivity index (χ1v) is 11.3. The van der Waals surface area contributed by atoms with Gasteiger partial charge in [-0.15, -0.1) is 6.42 Å². The molecule has 1 fully saturated rings. The molecule has 1 unspecified atom stereocenters. The zero-order chi connectivity index (χ0) is 22.4. The third-order valence-electron chi connectivity index (χ3n) is 6.00. The molecule has 0 saturated heterocycles. The fraction of sp³-hybridized carbons (Fsp3) is 0.720. The highest BCUT2D eigenvalue weighted by Gasteiger charge is 2.39. The SMILES string of the molecule is C#CC(O)(CC=C[C@@H]1[C@@H](CC=CCCCC(=O)OC)[C@H](O)C[C@H]1O)CCCCCC. The number of carbonyl (C=O) groups is 1. The minimum Gasteiger partial charge on any atom is -0.469 e. The van der Waals surface area contributed by atoms with Gasteiger partial charge in [0.1, 0.15) is 5.60 Å². The van der Waals surface area contributed by atoms with Crippen LogP contribution in [0.3, 0.4) is 0 Å². The predicted molar refractivity (Wildman–Crippen MR) is 120 cm³/mol. The number of terminal acetylenes is 1. The van der Waals surface area contributed by atoms with Crippen LogP contribution in [0.25, 0.3) is 0 Å². The molecule has 30 heavy (non-hydrogen) atoms. The van der Waals surface area contributed by atoms with Crippen LogP contribution in [0, 0.1) is 24.2 Å². The third kappa shape index (κ3) is 9.47. The van der Waals surface area contributed by atoms with Gasteiger partial charge in [-0.3, -0.25) is 4.79 Å². The zero-order valence-electron chi connectivity index (χ0n) is 18.6. The van der Waals surface area contributed by atoms with Crippen molar-refractivity contribution in [3.63, 3.8) is 0 Å². The Hall–Kier alpha value is -1.61. The summed E-state index contributed by atoms with van der Waals surface area (Å²) in [6.07, 6.45) is 20.3. The monoisotopic (exact) mass is 420 g/mol. The molecule has 5 nitrogen and oxygen atoms in total. The van der Waals surface area contributed by atoms with E-state index in [1.807, 2.05) is 24.3 Å². The molecule has 5 atom stereocenters. The predicted octanol–water partition coefficient (Wildman–Crippen LogP) is 3.91. The van der Waals surface area contributed by atoms with E-state index in [9.17, 15) is 20.1 Å². The van der Waals surface area contributed by atoms with Crippen molar-refractivity contribution in [2.75, 3.05) is 7.11 Å². The number of methoxy groups -OCH3 is 1. The number of ether oxygens (including phenoxy) is 1. The van der Waals surface area contributed by atoms with Crippen LogP contribution in [0.1, 0.15) is 77.6 Å². The second-order valence-corrected chi connectivity index (χ2v) is 8.41. The van der Waals surface area contributed by atoms with Crippen LogP contribution in [0.15, 0.2) is 24.3 Å². The molecule has 0 aliphatic heterocycles. The summed E-state index contributed by atoms with van der Waals surface area (Å²) in [7, 11) is 1.38. The van der Waals surface area contributed by atoms with Crippen LogP contribution in [0.4, 0.5) is 0 Å².